The number of benzene rings is 1. The zero-order valence-corrected chi connectivity index (χ0v) is 15.7. The number of amides is 1. The summed E-state index contributed by atoms with van der Waals surface area (Å²) in [5.41, 5.74) is -0.869. The fraction of sp³-hybridized carbons (Fsp3) is 0.556. The van der Waals surface area contributed by atoms with E-state index in [1.54, 1.807) is 31.2 Å². The van der Waals surface area contributed by atoms with Crippen LogP contribution in [-0.4, -0.2) is 42.6 Å². The number of nitriles is 1. The number of carbonyl (C=O) groups is 1. The molecule has 0 heterocycles. The lowest BCUT2D eigenvalue weighted by Crippen LogP contribution is -2.54. The van der Waals surface area contributed by atoms with Gasteiger partial charge in [0.15, 0.2) is 0 Å². The van der Waals surface area contributed by atoms with Gasteiger partial charge in [-0.2, -0.15) is 5.26 Å². The minimum absolute atomic E-state index is 0.0252. The van der Waals surface area contributed by atoms with Gasteiger partial charge in [-0.05, 0) is 51.1 Å². The maximum atomic E-state index is 12.4. The molecule has 1 rings (SSSR count). The molecule has 0 unspecified atom stereocenters. The highest BCUT2D eigenvalue weighted by atomic mass is 35.5. The third-order valence-electron chi connectivity index (χ3n) is 4.34. The van der Waals surface area contributed by atoms with Crippen LogP contribution in [0.1, 0.15) is 27.7 Å². The Balaban J connectivity index is 2.49. The van der Waals surface area contributed by atoms with E-state index in [9.17, 15) is 10.1 Å². The number of hydrogen-bond acceptors (Lipinski definition) is 4. The van der Waals surface area contributed by atoms with E-state index < -0.39 is 5.54 Å². The molecule has 0 aliphatic rings. The van der Waals surface area contributed by atoms with Crippen LogP contribution >= 0.6 is 11.6 Å². The van der Waals surface area contributed by atoms with Crippen molar-refractivity contribution >= 4 is 17.5 Å². The largest absolute Gasteiger partial charge is 0.492 e. The Bertz CT molecular complexity index is 583. The standard InChI is InChI=1S/C18H26ClN3O2/c1-13(2)18(4,12-20)21-17(23)14(3)22(5)10-11-24-16-8-6-15(19)7-9-16/h6-9,13-14H,10-11H2,1-5H3,(H,21,23)/t14-,18+/m0/s1. The molecule has 0 spiro atoms. The Hall–Kier alpha value is -1.77. The van der Waals surface area contributed by atoms with Gasteiger partial charge in [0.05, 0.1) is 12.1 Å². The summed E-state index contributed by atoms with van der Waals surface area (Å²) >= 11 is 5.83. The molecular weight excluding hydrogens is 326 g/mol. The van der Waals surface area contributed by atoms with Gasteiger partial charge in [0.1, 0.15) is 17.9 Å². The van der Waals surface area contributed by atoms with Gasteiger partial charge in [0, 0.05) is 11.6 Å². The van der Waals surface area contributed by atoms with Crippen molar-refractivity contribution in [2.24, 2.45) is 5.92 Å². The summed E-state index contributed by atoms with van der Waals surface area (Å²) in [5.74, 6) is 0.598. The van der Waals surface area contributed by atoms with E-state index in [0.717, 1.165) is 5.75 Å². The van der Waals surface area contributed by atoms with E-state index in [-0.39, 0.29) is 17.9 Å². The Labute approximate surface area is 149 Å². The van der Waals surface area contributed by atoms with E-state index in [1.165, 1.54) is 0 Å². The first kappa shape index (κ1) is 20.3. The molecule has 2 atom stereocenters. The first-order valence-electron chi connectivity index (χ1n) is 8.01. The molecule has 1 aromatic carbocycles. The van der Waals surface area contributed by atoms with E-state index in [2.05, 4.69) is 11.4 Å². The van der Waals surface area contributed by atoms with Gasteiger partial charge < -0.3 is 10.1 Å². The molecule has 6 heteroatoms. The molecule has 1 amide bonds. The Morgan fingerprint density at radius 3 is 2.46 bits per heavy atom. The molecule has 24 heavy (non-hydrogen) atoms. The number of ether oxygens (including phenoxy) is 1. The summed E-state index contributed by atoms with van der Waals surface area (Å²) in [6, 6.07) is 8.98. The molecule has 0 radical (unpaired) electrons. The molecular formula is C18H26ClN3O2. The van der Waals surface area contributed by atoms with Crippen molar-refractivity contribution in [3.8, 4) is 11.8 Å². The van der Waals surface area contributed by atoms with Crippen LogP contribution in [0.15, 0.2) is 24.3 Å². The average Bonchev–Trinajstić information content (AvgIpc) is 2.55. The zero-order valence-electron chi connectivity index (χ0n) is 15.0. The van der Waals surface area contributed by atoms with Gasteiger partial charge in [-0.1, -0.05) is 25.4 Å². The molecule has 1 aromatic rings. The zero-order chi connectivity index (χ0) is 18.3. The first-order chi connectivity index (χ1) is 11.2. The third kappa shape index (κ3) is 5.70. The molecule has 0 aliphatic heterocycles. The summed E-state index contributed by atoms with van der Waals surface area (Å²) in [7, 11) is 1.86. The van der Waals surface area contributed by atoms with Gasteiger partial charge in [-0.15, -0.1) is 0 Å². The maximum Gasteiger partial charge on any atom is 0.238 e. The summed E-state index contributed by atoms with van der Waals surface area (Å²) < 4.78 is 5.64. The highest BCUT2D eigenvalue weighted by Gasteiger charge is 2.32. The molecule has 0 saturated heterocycles. The first-order valence-corrected chi connectivity index (χ1v) is 8.39. The van der Waals surface area contributed by atoms with Crippen LogP contribution in [0.2, 0.25) is 5.02 Å². The van der Waals surface area contributed by atoms with Crippen LogP contribution in [-0.2, 0) is 4.79 Å². The second kappa shape index (κ2) is 8.91. The minimum atomic E-state index is -0.869. The van der Waals surface area contributed by atoms with Crippen molar-refractivity contribution in [3.05, 3.63) is 29.3 Å². The fourth-order valence-corrected chi connectivity index (χ4v) is 2.02. The van der Waals surface area contributed by atoms with Crippen molar-refractivity contribution in [2.75, 3.05) is 20.2 Å². The van der Waals surface area contributed by atoms with Crippen LogP contribution in [0.25, 0.3) is 0 Å². The number of carbonyl (C=O) groups excluding carboxylic acids is 1. The highest BCUT2D eigenvalue weighted by Crippen LogP contribution is 2.16. The summed E-state index contributed by atoms with van der Waals surface area (Å²) in [6.45, 7) is 8.43. The topological polar surface area (TPSA) is 65.4 Å². The molecule has 0 aliphatic carbocycles. The Morgan fingerprint density at radius 1 is 1.38 bits per heavy atom. The Morgan fingerprint density at radius 2 is 1.96 bits per heavy atom. The lowest BCUT2D eigenvalue weighted by molar-refractivity contribution is -0.127. The second-order valence-corrected chi connectivity index (χ2v) is 6.85. The molecule has 1 N–H and O–H groups in total. The van der Waals surface area contributed by atoms with Crippen LogP contribution in [0.3, 0.4) is 0 Å². The second-order valence-electron chi connectivity index (χ2n) is 6.42. The summed E-state index contributed by atoms with van der Waals surface area (Å²) in [4.78, 5) is 14.3. The number of nitrogens with one attached hydrogen (secondary N) is 1. The summed E-state index contributed by atoms with van der Waals surface area (Å²) in [5, 5.41) is 12.8. The van der Waals surface area contributed by atoms with Gasteiger partial charge in [0.25, 0.3) is 0 Å². The van der Waals surface area contributed by atoms with E-state index in [0.29, 0.717) is 18.2 Å². The predicted molar refractivity (Wildman–Crippen MR) is 96.0 cm³/mol. The normalized spacial score (nSPS) is 14.8. The number of halogens is 1. The van der Waals surface area contributed by atoms with Crippen molar-refractivity contribution < 1.29 is 9.53 Å². The van der Waals surface area contributed by atoms with Crippen LogP contribution < -0.4 is 10.1 Å². The number of nitrogens with zero attached hydrogens (tertiary/aromatic N) is 2. The maximum absolute atomic E-state index is 12.4. The van der Waals surface area contributed by atoms with E-state index in [4.69, 9.17) is 16.3 Å². The van der Waals surface area contributed by atoms with Gasteiger partial charge in [-0.25, -0.2) is 0 Å². The monoisotopic (exact) mass is 351 g/mol. The van der Waals surface area contributed by atoms with E-state index >= 15 is 0 Å². The quantitative estimate of drug-likeness (QED) is 0.781. The predicted octanol–water partition coefficient (Wildman–Crippen LogP) is 3.09. The third-order valence-corrected chi connectivity index (χ3v) is 4.59. The van der Waals surface area contributed by atoms with E-state index in [1.807, 2.05) is 32.7 Å². The number of hydrogen-bond donors (Lipinski definition) is 1. The molecule has 5 nitrogen and oxygen atoms in total. The molecule has 0 aromatic heterocycles. The number of likely N-dealkylation sites (N-methyl/N-ethyl adjacent to an activating group) is 1. The van der Waals surface area contributed by atoms with Crippen LogP contribution in [0, 0.1) is 17.2 Å². The van der Waals surface area contributed by atoms with Crippen molar-refractivity contribution in [2.45, 2.75) is 39.3 Å². The van der Waals surface area contributed by atoms with Crippen molar-refractivity contribution in [1.82, 2.24) is 10.2 Å². The fourth-order valence-electron chi connectivity index (χ4n) is 1.89. The molecule has 0 saturated carbocycles. The molecule has 0 fully saturated rings. The van der Waals surface area contributed by atoms with Crippen LogP contribution in [0.4, 0.5) is 0 Å². The summed E-state index contributed by atoms with van der Waals surface area (Å²) in [6.07, 6.45) is 0. The lowest BCUT2D eigenvalue weighted by Gasteiger charge is -2.31. The smallest absolute Gasteiger partial charge is 0.238 e. The Kier molecular flexibility index (Phi) is 7.53. The van der Waals surface area contributed by atoms with Gasteiger partial charge in [-0.3, -0.25) is 9.69 Å². The van der Waals surface area contributed by atoms with Crippen molar-refractivity contribution in [1.29, 1.82) is 5.26 Å². The SMILES string of the molecule is CC(C)[C@@](C)(C#N)NC(=O)[C@H](C)N(C)CCOc1ccc(Cl)cc1. The number of rotatable bonds is 8. The van der Waals surface area contributed by atoms with Gasteiger partial charge in [0.2, 0.25) is 5.91 Å². The molecule has 0 bridgehead atoms. The lowest BCUT2D eigenvalue weighted by atomic mass is 9.90. The van der Waals surface area contributed by atoms with Gasteiger partial charge >= 0.3 is 0 Å². The highest BCUT2D eigenvalue weighted by molar-refractivity contribution is 6.30. The van der Waals surface area contributed by atoms with Crippen LogP contribution in [0.5, 0.6) is 5.75 Å². The average molecular weight is 352 g/mol. The van der Waals surface area contributed by atoms with Crippen molar-refractivity contribution in [3.63, 3.8) is 0 Å². The minimum Gasteiger partial charge on any atom is -0.492 e. The molecule has 132 valence electrons.